The van der Waals surface area contributed by atoms with Crippen molar-refractivity contribution in [3.63, 3.8) is 0 Å². The number of rotatable bonds is 7. The van der Waals surface area contributed by atoms with Crippen LogP contribution in [-0.4, -0.2) is 51.1 Å². The fraction of sp³-hybridized carbons (Fsp3) is 0.944. The molecule has 4 nitrogen and oxygen atoms in total. The molecular formula is C18H37IN4. The van der Waals surface area contributed by atoms with E-state index >= 15 is 0 Å². The Kier molecular flexibility index (Phi) is 11.3. The summed E-state index contributed by atoms with van der Waals surface area (Å²) < 4.78 is 0. The average molecular weight is 436 g/mol. The highest BCUT2D eigenvalue weighted by Gasteiger charge is 2.16. The van der Waals surface area contributed by atoms with Crippen LogP contribution in [0.5, 0.6) is 0 Å². The lowest BCUT2D eigenvalue weighted by atomic mass is 9.94. The predicted octanol–water partition coefficient (Wildman–Crippen LogP) is 3.47. The molecule has 0 unspecified atom stereocenters. The van der Waals surface area contributed by atoms with Gasteiger partial charge < -0.3 is 15.5 Å². The molecule has 1 heterocycles. The van der Waals surface area contributed by atoms with Crippen molar-refractivity contribution in [1.82, 2.24) is 15.5 Å². The fourth-order valence-electron chi connectivity index (χ4n) is 3.86. The summed E-state index contributed by atoms with van der Waals surface area (Å²) >= 11 is 0. The van der Waals surface area contributed by atoms with Gasteiger partial charge in [-0.25, -0.2) is 0 Å². The summed E-state index contributed by atoms with van der Waals surface area (Å²) in [5, 5.41) is 6.95. The molecule has 0 aromatic heterocycles. The average Bonchev–Trinajstić information content (AvgIpc) is 3.05. The van der Waals surface area contributed by atoms with Gasteiger partial charge in [-0.1, -0.05) is 25.7 Å². The van der Waals surface area contributed by atoms with Crippen LogP contribution in [0, 0.1) is 11.8 Å². The number of guanidine groups is 1. The summed E-state index contributed by atoms with van der Waals surface area (Å²) in [7, 11) is 4.10. The molecule has 0 bridgehead atoms. The van der Waals surface area contributed by atoms with Crippen LogP contribution in [0.15, 0.2) is 4.99 Å². The highest BCUT2D eigenvalue weighted by Crippen LogP contribution is 2.28. The molecule has 0 spiro atoms. The Bertz CT molecular complexity index is 321. The number of halogens is 1. The maximum absolute atomic E-state index is 4.34. The van der Waals surface area contributed by atoms with Gasteiger partial charge in [0.05, 0.1) is 0 Å². The van der Waals surface area contributed by atoms with E-state index in [0.717, 1.165) is 30.9 Å². The Morgan fingerprint density at radius 1 is 0.957 bits per heavy atom. The van der Waals surface area contributed by atoms with Gasteiger partial charge in [0.15, 0.2) is 5.96 Å². The number of hydrogen-bond donors (Lipinski definition) is 2. The van der Waals surface area contributed by atoms with E-state index in [1.54, 1.807) is 0 Å². The number of hydrogen-bond acceptors (Lipinski definition) is 2. The highest BCUT2D eigenvalue weighted by molar-refractivity contribution is 14.0. The van der Waals surface area contributed by atoms with Crippen molar-refractivity contribution >= 4 is 29.9 Å². The van der Waals surface area contributed by atoms with E-state index in [-0.39, 0.29) is 24.0 Å². The van der Waals surface area contributed by atoms with Crippen molar-refractivity contribution in [2.45, 2.75) is 57.8 Å². The Labute approximate surface area is 160 Å². The minimum absolute atomic E-state index is 0. The van der Waals surface area contributed by atoms with Gasteiger partial charge in [-0.05, 0) is 64.1 Å². The van der Waals surface area contributed by atoms with Crippen LogP contribution in [0.3, 0.4) is 0 Å². The second kappa shape index (κ2) is 12.3. The summed E-state index contributed by atoms with van der Waals surface area (Å²) in [6.45, 7) is 4.64. The van der Waals surface area contributed by atoms with Gasteiger partial charge in [-0.3, -0.25) is 4.99 Å². The third-order valence-corrected chi connectivity index (χ3v) is 5.46. The molecule has 0 amide bonds. The zero-order valence-corrected chi connectivity index (χ0v) is 17.5. The van der Waals surface area contributed by atoms with E-state index in [1.165, 1.54) is 70.9 Å². The highest BCUT2D eigenvalue weighted by atomic mass is 127. The molecule has 0 atom stereocenters. The molecule has 2 rings (SSSR count). The Morgan fingerprint density at radius 3 is 2.22 bits per heavy atom. The van der Waals surface area contributed by atoms with Crippen LogP contribution in [0.2, 0.25) is 0 Å². The van der Waals surface area contributed by atoms with E-state index < -0.39 is 0 Å². The summed E-state index contributed by atoms with van der Waals surface area (Å²) in [6.07, 6.45) is 12.5. The molecule has 0 radical (unpaired) electrons. The number of likely N-dealkylation sites (tertiary alicyclic amines) is 1. The lowest BCUT2D eigenvalue weighted by Crippen LogP contribution is -2.39. The Hall–Kier alpha value is -0.0400. The van der Waals surface area contributed by atoms with Gasteiger partial charge in [0.1, 0.15) is 0 Å². The number of piperidine rings is 1. The van der Waals surface area contributed by atoms with E-state index in [4.69, 9.17) is 0 Å². The van der Waals surface area contributed by atoms with Gasteiger partial charge in [-0.2, -0.15) is 0 Å². The van der Waals surface area contributed by atoms with Gasteiger partial charge >= 0.3 is 0 Å². The summed E-state index contributed by atoms with van der Waals surface area (Å²) in [4.78, 5) is 6.78. The maximum atomic E-state index is 4.34. The van der Waals surface area contributed by atoms with Crippen LogP contribution in [0.1, 0.15) is 57.8 Å². The number of aliphatic imine (C=N–C) groups is 1. The first kappa shape index (κ1) is 21.0. The SMILES string of the molecule is CN=C(NCCCC1CCCC1)NCCC1CCN(C)CC1.I. The van der Waals surface area contributed by atoms with Crippen LogP contribution in [0.25, 0.3) is 0 Å². The largest absolute Gasteiger partial charge is 0.356 e. The standard InChI is InChI=1S/C18H36N4.HI/c1-19-18(20-12-5-8-16-6-3-4-7-16)21-13-9-17-10-14-22(2)15-11-17;/h16-17H,3-15H2,1-2H3,(H2,19,20,21);1H. The van der Waals surface area contributed by atoms with Crippen LogP contribution in [-0.2, 0) is 0 Å². The lowest BCUT2D eigenvalue weighted by molar-refractivity contribution is 0.213. The predicted molar refractivity (Wildman–Crippen MR) is 111 cm³/mol. The molecule has 5 heteroatoms. The van der Waals surface area contributed by atoms with E-state index in [1.807, 2.05) is 7.05 Å². The van der Waals surface area contributed by atoms with Crippen molar-refractivity contribution < 1.29 is 0 Å². The van der Waals surface area contributed by atoms with E-state index in [0.29, 0.717) is 0 Å². The topological polar surface area (TPSA) is 39.7 Å². The van der Waals surface area contributed by atoms with Crippen molar-refractivity contribution in [1.29, 1.82) is 0 Å². The van der Waals surface area contributed by atoms with Crippen LogP contribution in [0.4, 0.5) is 0 Å². The monoisotopic (exact) mass is 436 g/mol. The zero-order chi connectivity index (χ0) is 15.6. The molecule has 1 saturated heterocycles. The normalized spacial score (nSPS) is 21.2. The second-order valence-electron chi connectivity index (χ2n) is 7.25. The second-order valence-corrected chi connectivity index (χ2v) is 7.25. The molecule has 1 aliphatic heterocycles. The molecule has 0 aromatic rings. The van der Waals surface area contributed by atoms with E-state index in [2.05, 4.69) is 27.6 Å². The Morgan fingerprint density at radius 2 is 1.57 bits per heavy atom. The van der Waals surface area contributed by atoms with Gasteiger partial charge in [-0.15, -0.1) is 24.0 Å². The molecular weight excluding hydrogens is 399 g/mol. The molecule has 136 valence electrons. The van der Waals surface area contributed by atoms with Crippen LogP contribution < -0.4 is 10.6 Å². The van der Waals surface area contributed by atoms with Crippen molar-refractivity contribution in [2.75, 3.05) is 40.3 Å². The minimum atomic E-state index is 0. The molecule has 2 fully saturated rings. The first-order valence-electron chi connectivity index (χ1n) is 9.41. The first-order valence-corrected chi connectivity index (χ1v) is 9.41. The van der Waals surface area contributed by atoms with Crippen molar-refractivity contribution in [2.24, 2.45) is 16.8 Å². The number of nitrogens with one attached hydrogen (secondary N) is 2. The third kappa shape index (κ3) is 8.57. The maximum Gasteiger partial charge on any atom is 0.190 e. The molecule has 2 aliphatic rings. The third-order valence-electron chi connectivity index (χ3n) is 5.46. The van der Waals surface area contributed by atoms with Gasteiger partial charge in [0.25, 0.3) is 0 Å². The smallest absolute Gasteiger partial charge is 0.190 e. The quantitative estimate of drug-likeness (QED) is 0.278. The lowest BCUT2D eigenvalue weighted by Gasteiger charge is -2.29. The van der Waals surface area contributed by atoms with Crippen molar-refractivity contribution in [3.8, 4) is 0 Å². The van der Waals surface area contributed by atoms with E-state index in [9.17, 15) is 0 Å². The Balaban J connectivity index is 0.00000264. The van der Waals surface area contributed by atoms with Gasteiger partial charge in [0.2, 0.25) is 0 Å². The summed E-state index contributed by atoms with van der Waals surface area (Å²) in [5.41, 5.74) is 0. The summed E-state index contributed by atoms with van der Waals surface area (Å²) in [6, 6.07) is 0. The zero-order valence-electron chi connectivity index (χ0n) is 15.1. The molecule has 0 aromatic carbocycles. The molecule has 1 aliphatic carbocycles. The fourth-order valence-corrected chi connectivity index (χ4v) is 3.86. The molecule has 2 N–H and O–H groups in total. The minimum Gasteiger partial charge on any atom is -0.356 e. The first-order chi connectivity index (χ1) is 10.8. The van der Waals surface area contributed by atoms with Crippen molar-refractivity contribution in [3.05, 3.63) is 0 Å². The summed E-state index contributed by atoms with van der Waals surface area (Å²) in [5.74, 6) is 2.88. The molecule has 23 heavy (non-hydrogen) atoms. The number of nitrogens with zero attached hydrogens (tertiary/aromatic N) is 2. The van der Waals surface area contributed by atoms with Crippen LogP contribution >= 0.6 is 24.0 Å². The molecule has 1 saturated carbocycles. The van der Waals surface area contributed by atoms with Gasteiger partial charge in [0, 0.05) is 20.1 Å².